The zero-order valence-corrected chi connectivity index (χ0v) is 12.7. The van der Waals surface area contributed by atoms with Crippen LogP contribution in [-0.2, 0) is 14.8 Å². The summed E-state index contributed by atoms with van der Waals surface area (Å²) in [7, 11) is -0.474. The minimum Gasteiger partial charge on any atom is -0.383 e. The first-order valence-electron chi connectivity index (χ1n) is 6.32. The third-order valence-corrected chi connectivity index (χ3v) is 4.98. The van der Waals surface area contributed by atoms with E-state index in [1.54, 1.807) is 24.3 Å². The van der Waals surface area contributed by atoms with Gasteiger partial charge in [0.2, 0.25) is 10.0 Å². The van der Waals surface area contributed by atoms with Crippen LogP contribution in [0, 0.1) is 0 Å². The maximum absolute atomic E-state index is 12.4. The molecule has 0 spiro atoms. The summed E-state index contributed by atoms with van der Waals surface area (Å²) in [5.74, 6) is 5.82. The van der Waals surface area contributed by atoms with Crippen molar-refractivity contribution in [3.63, 3.8) is 0 Å². The van der Waals surface area contributed by atoms with Crippen LogP contribution in [0.25, 0.3) is 10.9 Å². The highest BCUT2D eigenvalue weighted by Crippen LogP contribution is 2.21. The number of ether oxygens (including phenoxy) is 1. The monoisotopic (exact) mass is 310 g/mol. The van der Waals surface area contributed by atoms with Gasteiger partial charge in [-0.1, -0.05) is 0 Å². The fourth-order valence-corrected chi connectivity index (χ4v) is 3.06. The Morgan fingerprint density at radius 1 is 1.33 bits per heavy atom. The topological polar surface area (TPSA) is 97.5 Å². The second-order valence-electron chi connectivity index (χ2n) is 4.51. The van der Waals surface area contributed by atoms with Gasteiger partial charge in [-0.3, -0.25) is 0 Å². The minimum absolute atomic E-state index is 0.226. The molecule has 0 aliphatic carbocycles. The van der Waals surface area contributed by atoms with Gasteiger partial charge in [-0.2, -0.15) is 4.31 Å². The van der Waals surface area contributed by atoms with Crippen molar-refractivity contribution in [3.8, 4) is 0 Å². The first kappa shape index (κ1) is 15.6. The van der Waals surface area contributed by atoms with Crippen LogP contribution in [0.15, 0.2) is 35.2 Å². The molecule has 8 heteroatoms. The summed E-state index contributed by atoms with van der Waals surface area (Å²) < 4.78 is 31.0. The van der Waals surface area contributed by atoms with E-state index in [1.807, 2.05) is 0 Å². The zero-order valence-electron chi connectivity index (χ0n) is 11.9. The van der Waals surface area contributed by atoms with E-state index in [4.69, 9.17) is 10.6 Å². The second-order valence-corrected chi connectivity index (χ2v) is 6.56. The van der Waals surface area contributed by atoms with Gasteiger partial charge in [0, 0.05) is 26.1 Å². The number of aromatic nitrogens is 1. The predicted molar refractivity (Wildman–Crippen MR) is 81.2 cm³/mol. The van der Waals surface area contributed by atoms with E-state index in [0.717, 1.165) is 5.39 Å². The molecule has 2 aromatic rings. The van der Waals surface area contributed by atoms with Gasteiger partial charge in [0.1, 0.15) is 5.82 Å². The average Bonchev–Trinajstić information content (AvgIpc) is 2.51. The molecule has 2 rings (SSSR count). The van der Waals surface area contributed by atoms with Crippen molar-refractivity contribution in [1.82, 2.24) is 9.29 Å². The quantitative estimate of drug-likeness (QED) is 0.604. The van der Waals surface area contributed by atoms with E-state index >= 15 is 0 Å². The maximum Gasteiger partial charge on any atom is 0.242 e. The minimum atomic E-state index is -3.53. The lowest BCUT2D eigenvalue weighted by Gasteiger charge is -2.17. The SMILES string of the molecule is COCCN(C)S(=O)(=O)c1ccc2nc(NN)ccc2c1. The molecular weight excluding hydrogens is 292 g/mol. The highest BCUT2D eigenvalue weighted by atomic mass is 32.2. The summed E-state index contributed by atoms with van der Waals surface area (Å²) >= 11 is 0. The third-order valence-electron chi connectivity index (χ3n) is 3.13. The van der Waals surface area contributed by atoms with Gasteiger partial charge in [0.05, 0.1) is 17.0 Å². The van der Waals surface area contributed by atoms with Crippen LogP contribution in [0.4, 0.5) is 5.82 Å². The second kappa shape index (κ2) is 6.35. The van der Waals surface area contributed by atoms with Gasteiger partial charge in [-0.05, 0) is 30.3 Å². The van der Waals surface area contributed by atoms with Crippen LogP contribution in [0.5, 0.6) is 0 Å². The molecule has 0 saturated carbocycles. The lowest BCUT2D eigenvalue weighted by molar-refractivity contribution is 0.185. The number of benzene rings is 1. The highest BCUT2D eigenvalue weighted by molar-refractivity contribution is 7.89. The van der Waals surface area contributed by atoms with Crippen LogP contribution >= 0.6 is 0 Å². The first-order chi connectivity index (χ1) is 9.98. The van der Waals surface area contributed by atoms with Crippen LogP contribution in [0.2, 0.25) is 0 Å². The number of nitrogens with one attached hydrogen (secondary N) is 1. The van der Waals surface area contributed by atoms with Crippen molar-refractivity contribution in [1.29, 1.82) is 0 Å². The Hall–Kier alpha value is -1.74. The predicted octanol–water partition coefficient (Wildman–Crippen LogP) is 0.787. The van der Waals surface area contributed by atoms with E-state index in [0.29, 0.717) is 24.5 Å². The molecule has 0 radical (unpaired) electrons. The number of nitrogens with two attached hydrogens (primary N) is 1. The molecule has 0 aliphatic heterocycles. The molecular formula is C13H18N4O3S. The number of sulfonamides is 1. The van der Waals surface area contributed by atoms with Crippen LogP contribution < -0.4 is 11.3 Å². The highest BCUT2D eigenvalue weighted by Gasteiger charge is 2.20. The zero-order chi connectivity index (χ0) is 15.5. The number of pyridine rings is 1. The summed E-state index contributed by atoms with van der Waals surface area (Å²) in [6.45, 7) is 0.640. The molecule has 0 amide bonds. The average molecular weight is 310 g/mol. The van der Waals surface area contributed by atoms with Crippen molar-refractivity contribution in [2.75, 3.05) is 32.7 Å². The van der Waals surface area contributed by atoms with E-state index in [-0.39, 0.29) is 4.90 Å². The standard InChI is InChI=1S/C13H18N4O3S/c1-17(7-8-20-2)21(18,19)11-4-5-12-10(9-11)3-6-13(15-12)16-14/h3-6,9H,7-8,14H2,1-2H3,(H,15,16). The number of methoxy groups -OCH3 is 1. The summed E-state index contributed by atoms with van der Waals surface area (Å²) in [5, 5.41) is 0.732. The molecule has 3 N–H and O–H groups in total. The Morgan fingerprint density at radius 3 is 2.76 bits per heavy atom. The van der Waals surface area contributed by atoms with E-state index < -0.39 is 10.0 Å². The maximum atomic E-state index is 12.4. The van der Waals surface area contributed by atoms with Crippen molar-refractivity contribution in [3.05, 3.63) is 30.3 Å². The number of hydrogen-bond acceptors (Lipinski definition) is 6. The summed E-state index contributed by atoms with van der Waals surface area (Å²) in [5.41, 5.74) is 3.12. The van der Waals surface area contributed by atoms with Crippen molar-refractivity contribution >= 4 is 26.7 Å². The lowest BCUT2D eigenvalue weighted by atomic mass is 10.2. The molecule has 1 heterocycles. The molecule has 0 unspecified atom stereocenters. The molecule has 0 atom stereocenters. The van der Waals surface area contributed by atoms with E-state index in [2.05, 4.69) is 10.4 Å². The normalized spacial score (nSPS) is 12.0. The molecule has 0 aliphatic rings. The van der Waals surface area contributed by atoms with Crippen LogP contribution in [-0.4, -0.2) is 45.0 Å². The van der Waals surface area contributed by atoms with Gasteiger partial charge in [0.15, 0.2) is 0 Å². The Bertz CT molecular complexity index is 733. The van der Waals surface area contributed by atoms with Crippen LogP contribution in [0.1, 0.15) is 0 Å². The number of hydrazine groups is 1. The number of anilines is 1. The lowest BCUT2D eigenvalue weighted by Crippen LogP contribution is -2.30. The molecule has 1 aromatic heterocycles. The van der Waals surface area contributed by atoms with E-state index in [1.165, 1.54) is 24.5 Å². The Morgan fingerprint density at radius 2 is 2.10 bits per heavy atom. The summed E-state index contributed by atoms with van der Waals surface area (Å²) in [6, 6.07) is 8.25. The number of nitrogens with zero attached hydrogens (tertiary/aromatic N) is 2. The number of hydrogen-bond donors (Lipinski definition) is 2. The number of rotatable bonds is 6. The molecule has 114 valence electrons. The first-order valence-corrected chi connectivity index (χ1v) is 7.76. The Balaban J connectivity index is 2.38. The number of likely N-dealkylation sites (N-methyl/N-ethyl adjacent to an activating group) is 1. The summed E-state index contributed by atoms with van der Waals surface area (Å²) in [4.78, 5) is 4.47. The smallest absolute Gasteiger partial charge is 0.242 e. The van der Waals surface area contributed by atoms with Gasteiger partial charge in [0.25, 0.3) is 0 Å². The molecule has 7 nitrogen and oxygen atoms in total. The van der Waals surface area contributed by atoms with Crippen molar-refractivity contribution < 1.29 is 13.2 Å². The number of fused-ring (bicyclic) bond motifs is 1. The van der Waals surface area contributed by atoms with Crippen molar-refractivity contribution in [2.24, 2.45) is 5.84 Å². The van der Waals surface area contributed by atoms with Gasteiger partial charge < -0.3 is 10.2 Å². The number of nitrogen functional groups attached to an aromatic ring is 1. The molecule has 0 saturated heterocycles. The molecule has 0 fully saturated rings. The Kier molecular flexibility index (Phi) is 4.73. The van der Waals surface area contributed by atoms with Crippen LogP contribution in [0.3, 0.4) is 0 Å². The molecule has 21 heavy (non-hydrogen) atoms. The fourth-order valence-electron chi connectivity index (χ4n) is 1.86. The van der Waals surface area contributed by atoms with Crippen molar-refractivity contribution in [2.45, 2.75) is 4.90 Å². The summed E-state index contributed by atoms with van der Waals surface area (Å²) in [6.07, 6.45) is 0. The van der Waals surface area contributed by atoms with Gasteiger partial charge >= 0.3 is 0 Å². The largest absolute Gasteiger partial charge is 0.383 e. The van der Waals surface area contributed by atoms with E-state index in [9.17, 15) is 8.42 Å². The third kappa shape index (κ3) is 3.30. The van der Waals surface area contributed by atoms with Gasteiger partial charge in [-0.25, -0.2) is 19.2 Å². The molecule has 0 bridgehead atoms. The molecule has 1 aromatic carbocycles. The fraction of sp³-hybridized carbons (Fsp3) is 0.308. The van der Waals surface area contributed by atoms with Gasteiger partial charge in [-0.15, -0.1) is 0 Å². The Labute approximate surface area is 123 Å².